The normalized spacial score (nSPS) is 12.2. The lowest BCUT2D eigenvalue weighted by Gasteiger charge is -2.15. The Kier molecular flexibility index (Phi) is 5.10. The molecule has 0 saturated carbocycles. The number of hydrogen-bond acceptors (Lipinski definition) is 1. The largest absolute Gasteiger partial charge is 0.496 e. The molecule has 1 atom stereocenters. The van der Waals surface area contributed by atoms with Crippen molar-refractivity contribution >= 4 is 0 Å². The molecular weight excluding hydrogens is 196 g/mol. The lowest BCUT2D eigenvalue weighted by atomic mass is 9.94. The molecule has 1 aromatic rings. The van der Waals surface area contributed by atoms with Gasteiger partial charge < -0.3 is 4.74 Å². The Morgan fingerprint density at radius 2 is 2.19 bits per heavy atom. The zero-order valence-corrected chi connectivity index (χ0v) is 10.6. The van der Waals surface area contributed by atoms with E-state index in [1.807, 2.05) is 6.08 Å². The van der Waals surface area contributed by atoms with Gasteiger partial charge in [-0.2, -0.15) is 0 Å². The predicted molar refractivity (Wildman–Crippen MR) is 70.2 cm³/mol. The van der Waals surface area contributed by atoms with Crippen LogP contribution in [-0.2, 0) is 0 Å². The van der Waals surface area contributed by atoms with Gasteiger partial charge in [0.1, 0.15) is 5.75 Å². The van der Waals surface area contributed by atoms with Crippen LogP contribution in [0.2, 0.25) is 0 Å². The Morgan fingerprint density at radius 1 is 1.44 bits per heavy atom. The summed E-state index contributed by atoms with van der Waals surface area (Å²) in [6.07, 6.45) is 5.46. The molecule has 0 fully saturated rings. The molecule has 0 aliphatic rings. The lowest BCUT2D eigenvalue weighted by Crippen LogP contribution is -1.98. The highest BCUT2D eigenvalue weighted by molar-refractivity contribution is 5.39. The molecule has 0 aliphatic carbocycles. The molecule has 0 heterocycles. The highest BCUT2D eigenvalue weighted by atomic mass is 16.5. The van der Waals surface area contributed by atoms with Crippen LogP contribution in [0.4, 0.5) is 0 Å². The van der Waals surface area contributed by atoms with E-state index in [9.17, 15) is 0 Å². The molecule has 0 spiro atoms. The van der Waals surface area contributed by atoms with E-state index in [-0.39, 0.29) is 0 Å². The average molecular weight is 218 g/mol. The van der Waals surface area contributed by atoms with Crippen molar-refractivity contribution in [3.8, 4) is 5.75 Å². The Morgan fingerprint density at radius 3 is 2.81 bits per heavy atom. The second-order valence-corrected chi connectivity index (χ2v) is 4.37. The third-order valence-electron chi connectivity index (χ3n) is 2.97. The monoisotopic (exact) mass is 218 g/mol. The first kappa shape index (κ1) is 12.8. The number of ether oxygens (including phenoxy) is 1. The molecule has 1 rings (SSSR count). The van der Waals surface area contributed by atoms with Crippen LogP contribution in [0.25, 0.3) is 0 Å². The average Bonchev–Trinajstić information content (AvgIpc) is 2.29. The third kappa shape index (κ3) is 3.41. The molecule has 0 N–H and O–H groups in total. The molecule has 0 aliphatic heterocycles. The van der Waals surface area contributed by atoms with Crippen LogP contribution in [0.1, 0.15) is 43.2 Å². The highest BCUT2D eigenvalue weighted by Crippen LogP contribution is 2.30. The van der Waals surface area contributed by atoms with E-state index in [0.29, 0.717) is 5.92 Å². The molecule has 1 heteroatoms. The number of hydrogen-bond donors (Lipinski definition) is 0. The SMILES string of the molecule is C=CCCCC(C)c1ccc(C)cc1OC. The number of unbranched alkanes of at least 4 members (excludes halogenated alkanes) is 1. The van der Waals surface area contributed by atoms with Gasteiger partial charge in [0.05, 0.1) is 7.11 Å². The summed E-state index contributed by atoms with van der Waals surface area (Å²) in [6, 6.07) is 6.45. The van der Waals surface area contributed by atoms with E-state index in [1.165, 1.54) is 24.0 Å². The van der Waals surface area contributed by atoms with Crippen molar-refractivity contribution in [1.29, 1.82) is 0 Å². The van der Waals surface area contributed by atoms with Gasteiger partial charge in [-0.25, -0.2) is 0 Å². The fourth-order valence-electron chi connectivity index (χ4n) is 1.95. The van der Waals surface area contributed by atoms with Crippen LogP contribution in [-0.4, -0.2) is 7.11 Å². The molecular formula is C15H22O. The van der Waals surface area contributed by atoms with Gasteiger partial charge in [-0.1, -0.05) is 25.1 Å². The molecule has 88 valence electrons. The molecule has 0 aromatic heterocycles. The highest BCUT2D eigenvalue weighted by Gasteiger charge is 2.10. The van der Waals surface area contributed by atoms with Gasteiger partial charge in [0, 0.05) is 0 Å². The molecule has 0 amide bonds. The van der Waals surface area contributed by atoms with Crippen molar-refractivity contribution in [2.45, 2.75) is 39.0 Å². The quantitative estimate of drug-likeness (QED) is 0.506. The smallest absolute Gasteiger partial charge is 0.122 e. The summed E-state index contributed by atoms with van der Waals surface area (Å²) in [4.78, 5) is 0. The summed E-state index contributed by atoms with van der Waals surface area (Å²) in [7, 11) is 1.74. The summed E-state index contributed by atoms with van der Waals surface area (Å²) >= 11 is 0. The van der Waals surface area contributed by atoms with Gasteiger partial charge >= 0.3 is 0 Å². The fourth-order valence-corrected chi connectivity index (χ4v) is 1.95. The van der Waals surface area contributed by atoms with Crippen LogP contribution in [0, 0.1) is 6.92 Å². The van der Waals surface area contributed by atoms with Gasteiger partial charge in [0.25, 0.3) is 0 Å². The second kappa shape index (κ2) is 6.37. The van der Waals surface area contributed by atoms with Crippen molar-refractivity contribution in [2.75, 3.05) is 7.11 Å². The van der Waals surface area contributed by atoms with Gasteiger partial charge in [-0.3, -0.25) is 0 Å². The zero-order valence-electron chi connectivity index (χ0n) is 10.6. The minimum atomic E-state index is 0.551. The maximum atomic E-state index is 5.43. The first-order valence-corrected chi connectivity index (χ1v) is 5.94. The summed E-state index contributed by atoms with van der Waals surface area (Å²) in [5.41, 5.74) is 2.57. The standard InChI is InChI=1S/C15H22O/c1-5-6-7-8-13(3)14-10-9-12(2)11-15(14)16-4/h5,9-11,13H,1,6-8H2,2-4H3. The van der Waals surface area contributed by atoms with Crippen LogP contribution < -0.4 is 4.74 Å². The molecule has 0 saturated heterocycles. The molecule has 1 unspecified atom stereocenters. The fraction of sp³-hybridized carbons (Fsp3) is 0.467. The van der Waals surface area contributed by atoms with Gasteiger partial charge in [-0.15, -0.1) is 6.58 Å². The summed E-state index contributed by atoms with van der Waals surface area (Å²) in [5.74, 6) is 1.57. The molecule has 1 aromatic carbocycles. The van der Waals surface area contributed by atoms with Crippen molar-refractivity contribution in [2.24, 2.45) is 0 Å². The van der Waals surface area contributed by atoms with Crippen LogP contribution in [0.15, 0.2) is 30.9 Å². The number of rotatable bonds is 6. The summed E-state index contributed by atoms with van der Waals surface area (Å²) in [6.45, 7) is 8.10. The predicted octanol–water partition coefficient (Wildman–Crippen LogP) is 4.46. The minimum Gasteiger partial charge on any atom is -0.496 e. The Balaban J connectivity index is 2.73. The first-order valence-electron chi connectivity index (χ1n) is 5.94. The van der Waals surface area contributed by atoms with Crippen LogP contribution in [0.5, 0.6) is 5.75 Å². The molecule has 1 nitrogen and oxygen atoms in total. The first-order chi connectivity index (χ1) is 7.69. The number of methoxy groups -OCH3 is 1. The molecule has 0 bridgehead atoms. The van der Waals surface area contributed by atoms with E-state index in [0.717, 1.165) is 12.2 Å². The Bertz CT molecular complexity index is 341. The van der Waals surface area contributed by atoms with Gasteiger partial charge in [0.2, 0.25) is 0 Å². The van der Waals surface area contributed by atoms with Crippen molar-refractivity contribution in [3.05, 3.63) is 42.0 Å². The van der Waals surface area contributed by atoms with E-state index in [2.05, 4.69) is 38.6 Å². The maximum absolute atomic E-state index is 5.43. The second-order valence-electron chi connectivity index (χ2n) is 4.37. The van der Waals surface area contributed by atoms with E-state index in [1.54, 1.807) is 7.11 Å². The van der Waals surface area contributed by atoms with Gasteiger partial charge in [-0.05, 0) is 49.3 Å². The Hall–Kier alpha value is -1.24. The molecule has 16 heavy (non-hydrogen) atoms. The maximum Gasteiger partial charge on any atom is 0.122 e. The zero-order chi connectivity index (χ0) is 12.0. The summed E-state index contributed by atoms with van der Waals surface area (Å²) < 4.78 is 5.43. The van der Waals surface area contributed by atoms with E-state index in [4.69, 9.17) is 4.74 Å². The van der Waals surface area contributed by atoms with Crippen molar-refractivity contribution in [1.82, 2.24) is 0 Å². The summed E-state index contributed by atoms with van der Waals surface area (Å²) in [5, 5.41) is 0. The molecule has 0 radical (unpaired) electrons. The van der Waals surface area contributed by atoms with Crippen LogP contribution >= 0.6 is 0 Å². The van der Waals surface area contributed by atoms with E-state index < -0.39 is 0 Å². The Labute approximate surface area is 99.1 Å². The van der Waals surface area contributed by atoms with Crippen LogP contribution in [0.3, 0.4) is 0 Å². The lowest BCUT2D eigenvalue weighted by molar-refractivity contribution is 0.404. The third-order valence-corrected chi connectivity index (χ3v) is 2.97. The van der Waals surface area contributed by atoms with Gasteiger partial charge in [0.15, 0.2) is 0 Å². The minimum absolute atomic E-state index is 0.551. The van der Waals surface area contributed by atoms with Crippen molar-refractivity contribution in [3.63, 3.8) is 0 Å². The number of allylic oxidation sites excluding steroid dienone is 1. The van der Waals surface area contributed by atoms with E-state index >= 15 is 0 Å². The number of aryl methyl sites for hydroxylation is 1. The topological polar surface area (TPSA) is 9.23 Å². The number of benzene rings is 1. The van der Waals surface area contributed by atoms with Crippen molar-refractivity contribution < 1.29 is 4.74 Å².